The van der Waals surface area contributed by atoms with Crippen molar-refractivity contribution in [1.29, 1.82) is 0 Å². The molecule has 0 saturated carbocycles. The summed E-state index contributed by atoms with van der Waals surface area (Å²) >= 11 is 3.16. The van der Waals surface area contributed by atoms with Crippen molar-refractivity contribution >= 4 is 21.6 Å². The third kappa shape index (κ3) is 2.83. The van der Waals surface area contributed by atoms with E-state index >= 15 is 0 Å². The molecule has 8 heteroatoms. The Hall–Kier alpha value is -1.96. The van der Waals surface area contributed by atoms with Crippen LogP contribution in [0.3, 0.4) is 0 Å². The molecule has 0 radical (unpaired) electrons. The van der Waals surface area contributed by atoms with Gasteiger partial charge in [0, 0.05) is 17.5 Å². The molecule has 2 aromatic rings. The summed E-state index contributed by atoms with van der Waals surface area (Å²) in [5.41, 5.74) is -0.121. The van der Waals surface area contributed by atoms with Gasteiger partial charge in [-0.3, -0.25) is 10.1 Å². The number of nitro groups is 1. The summed E-state index contributed by atoms with van der Waals surface area (Å²) < 4.78 is 10.7. The zero-order chi connectivity index (χ0) is 13.1. The third-order valence-corrected chi connectivity index (χ3v) is 2.54. The van der Waals surface area contributed by atoms with Crippen molar-refractivity contribution < 1.29 is 14.2 Å². The Balaban J connectivity index is 2.16. The number of halogens is 1. The highest BCUT2D eigenvalue weighted by molar-refractivity contribution is 9.10. The number of nitrogens with zero attached hydrogens (tertiary/aromatic N) is 3. The van der Waals surface area contributed by atoms with E-state index in [0.29, 0.717) is 16.2 Å². The zero-order valence-corrected chi connectivity index (χ0v) is 10.9. The minimum absolute atomic E-state index is 0.0137. The maximum Gasteiger partial charge on any atom is 0.312 e. The smallest absolute Gasteiger partial charge is 0.312 e. The van der Waals surface area contributed by atoms with E-state index in [0.717, 1.165) is 0 Å². The Labute approximate surface area is 110 Å². The van der Waals surface area contributed by atoms with Gasteiger partial charge in [-0.05, 0) is 12.1 Å². The van der Waals surface area contributed by atoms with Gasteiger partial charge >= 0.3 is 5.69 Å². The Bertz CT molecular complexity index is 584. The van der Waals surface area contributed by atoms with E-state index in [9.17, 15) is 10.1 Å². The lowest BCUT2D eigenvalue weighted by molar-refractivity contribution is -0.386. The number of rotatable bonds is 4. The molecule has 1 aromatic heterocycles. The van der Waals surface area contributed by atoms with E-state index in [4.69, 9.17) is 9.26 Å². The fourth-order valence-corrected chi connectivity index (χ4v) is 1.65. The fourth-order valence-electron chi connectivity index (χ4n) is 1.30. The topological polar surface area (TPSA) is 91.3 Å². The maximum absolute atomic E-state index is 10.8. The van der Waals surface area contributed by atoms with E-state index < -0.39 is 4.92 Å². The molecular weight excluding hydrogens is 306 g/mol. The van der Waals surface area contributed by atoms with Crippen molar-refractivity contribution in [3.05, 3.63) is 44.5 Å². The van der Waals surface area contributed by atoms with E-state index in [1.54, 1.807) is 13.0 Å². The van der Waals surface area contributed by atoms with Crippen LogP contribution in [0, 0.1) is 17.0 Å². The largest absolute Gasteiger partial charge is 0.478 e. The molecule has 0 atom stereocenters. The van der Waals surface area contributed by atoms with Crippen LogP contribution in [0.5, 0.6) is 5.75 Å². The van der Waals surface area contributed by atoms with Crippen molar-refractivity contribution in [3.8, 4) is 5.75 Å². The zero-order valence-electron chi connectivity index (χ0n) is 9.29. The highest BCUT2D eigenvalue weighted by atomic mass is 79.9. The van der Waals surface area contributed by atoms with Crippen LogP contribution in [-0.2, 0) is 6.61 Å². The first kappa shape index (κ1) is 12.5. The summed E-state index contributed by atoms with van der Waals surface area (Å²) in [4.78, 5) is 14.3. The standard InChI is InChI=1S/C10H8BrN3O4/c1-6-12-10(13-18-6)5-17-9-3-2-7(11)4-8(9)14(15)16/h2-4H,5H2,1H3. The van der Waals surface area contributed by atoms with Gasteiger partial charge in [0.2, 0.25) is 11.7 Å². The summed E-state index contributed by atoms with van der Waals surface area (Å²) in [7, 11) is 0. The minimum Gasteiger partial charge on any atom is -0.478 e. The SMILES string of the molecule is Cc1nc(COc2ccc(Br)cc2[N+](=O)[O-])no1. The number of benzene rings is 1. The molecule has 1 heterocycles. The molecule has 0 amide bonds. The lowest BCUT2D eigenvalue weighted by atomic mass is 10.3. The second-order valence-corrected chi connectivity index (χ2v) is 4.30. The van der Waals surface area contributed by atoms with Crippen LogP contribution in [-0.4, -0.2) is 15.1 Å². The molecule has 0 N–H and O–H groups in total. The maximum atomic E-state index is 10.8. The Morgan fingerprint density at radius 2 is 2.33 bits per heavy atom. The second kappa shape index (κ2) is 5.13. The van der Waals surface area contributed by atoms with Crippen LogP contribution < -0.4 is 4.74 Å². The molecule has 0 fully saturated rings. The van der Waals surface area contributed by atoms with E-state index in [1.165, 1.54) is 12.1 Å². The second-order valence-electron chi connectivity index (χ2n) is 3.39. The van der Waals surface area contributed by atoms with Gasteiger partial charge in [-0.2, -0.15) is 4.98 Å². The summed E-state index contributed by atoms with van der Waals surface area (Å²) in [5, 5.41) is 14.5. The minimum atomic E-state index is -0.512. The summed E-state index contributed by atoms with van der Waals surface area (Å²) in [6, 6.07) is 4.54. The van der Waals surface area contributed by atoms with Crippen LogP contribution in [0.2, 0.25) is 0 Å². The molecule has 0 aliphatic carbocycles. The third-order valence-electron chi connectivity index (χ3n) is 2.04. The monoisotopic (exact) mass is 313 g/mol. The number of aryl methyl sites for hydroxylation is 1. The normalized spacial score (nSPS) is 10.3. The van der Waals surface area contributed by atoms with Crippen molar-refractivity contribution in [3.63, 3.8) is 0 Å². The van der Waals surface area contributed by atoms with Gasteiger partial charge in [-0.25, -0.2) is 0 Å². The lowest BCUT2D eigenvalue weighted by Gasteiger charge is -2.04. The molecule has 0 bridgehead atoms. The van der Waals surface area contributed by atoms with Crippen LogP contribution in [0.4, 0.5) is 5.69 Å². The van der Waals surface area contributed by atoms with Gasteiger partial charge in [0.05, 0.1) is 4.92 Å². The molecule has 0 unspecified atom stereocenters. The van der Waals surface area contributed by atoms with E-state index in [1.807, 2.05) is 0 Å². The molecule has 0 aliphatic rings. The van der Waals surface area contributed by atoms with Gasteiger partial charge < -0.3 is 9.26 Å². The number of nitro benzene ring substituents is 1. The van der Waals surface area contributed by atoms with Crippen molar-refractivity contribution in [2.45, 2.75) is 13.5 Å². The molecule has 2 rings (SSSR count). The van der Waals surface area contributed by atoms with Crippen molar-refractivity contribution in [1.82, 2.24) is 10.1 Å². The molecule has 94 valence electrons. The summed E-state index contributed by atoms with van der Waals surface area (Å²) in [5.74, 6) is 0.911. The number of hydrogen-bond donors (Lipinski definition) is 0. The number of ether oxygens (including phenoxy) is 1. The predicted octanol–water partition coefficient (Wildman–Crippen LogP) is 2.63. The van der Waals surface area contributed by atoms with Crippen LogP contribution >= 0.6 is 15.9 Å². The Morgan fingerprint density at radius 3 is 2.94 bits per heavy atom. The lowest BCUT2D eigenvalue weighted by Crippen LogP contribution is -2.00. The first-order valence-electron chi connectivity index (χ1n) is 4.92. The highest BCUT2D eigenvalue weighted by Gasteiger charge is 2.16. The Morgan fingerprint density at radius 1 is 1.56 bits per heavy atom. The molecule has 18 heavy (non-hydrogen) atoms. The highest BCUT2D eigenvalue weighted by Crippen LogP contribution is 2.30. The van der Waals surface area contributed by atoms with E-state index in [2.05, 4.69) is 26.1 Å². The van der Waals surface area contributed by atoms with Crippen molar-refractivity contribution in [2.24, 2.45) is 0 Å². The molecule has 1 aromatic carbocycles. The van der Waals surface area contributed by atoms with Crippen LogP contribution in [0.1, 0.15) is 11.7 Å². The van der Waals surface area contributed by atoms with Crippen LogP contribution in [0.15, 0.2) is 27.2 Å². The van der Waals surface area contributed by atoms with Gasteiger partial charge in [-0.15, -0.1) is 0 Å². The molecule has 0 spiro atoms. The van der Waals surface area contributed by atoms with Gasteiger partial charge in [0.25, 0.3) is 0 Å². The van der Waals surface area contributed by atoms with Crippen LogP contribution in [0.25, 0.3) is 0 Å². The Kier molecular flexibility index (Phi) is 3.56. The molecule has 7 nitrogen and oxygen atoms in total. The molecular formula is C10H8BrN3O4. The number of aromatic nitrogens is 2. The van der Waals surface area contributed by atoms with Gasteiger partial charge in [0.1, 0.15) is 0 Å². The summed E-state index contributed by atoms with van der Waals surface area (Å²) in [6.07, 6.45) is 0. The molecule has 0 saturated heterocycles. The molecule has 0 aliphatic heterocycles. The average Bonchev–Trinajstić information content (AvgIpc) is 2.73. The fraction of sp³-hybridized carbons (Fsp3) is 0.200. The quantitative estimate of drug-likeness (QED) is 0.636. The summed E-state index contributed by atoms with van der Waals surface area (Å²) in [6.45, 7) is 1.67. The average molecular weight is 314 g/mol. The van der Waals surface area contributed by atoms with Gasteiger partial charge in [-0.1, -0.05) is 21.1 Å². The number of hydrogen-bond acceptors (Lipinski definition) is 6. The first-order chi connectivity index (χ1) is 8.56. The predicted molar refractivity (Wildman–Crippen MR) is 64.2 cm³/mol. The van der Waals surface area contributed by atoms with Crippen molar-refractivity contribution in [2.75, 3.05) is 0 Å². The van der Waals surface area contributed by atoms with E-state index in [-0.39, 0.29) is 18.0 Å². The van der Waals surface area contributed by atoms with Gasteiger partial charge in [0.15, 0.2) is 12.4 Å². The first-order valence-corrected chi connectivity index (χ1v) is 5.71.